The van der Waals surface area contributed by atoms with Gasteiger partial charge in [-0.1, -0.05) is 12.8 Å². The molecule has 2 N–H and O–H groups in total. The molecule has 0 heterocycles. The van der Waals surface area contributed by atoms with E-state index in [0.717, 1.165) is 19.3 Å². The number of methoxy groups -OCH3 is 1. The monoisotopic (exact) mass is 171 g/mol. The van der Waals surface area contributed by atoms with Crippen LogP contribution in [0.5, 0.6) is 0 Å². The van der Waals surface area contributed by atoms with Gasteiger partial charge in [-0.05, 0) is 25.3 Å². The molecule has 70 valence electrons. The Morgan fingerprint density at radius 1 is 1.50 bits per heavy atom. The lowest BCUT2D eigenvalue weighted by molar-refractivity contribution is -0.148. The molecule has 0 aromatic carbocycles. The molecule has 0 saturated heterocycles. The molecule has 0 aromatic heterocycles. The molecule has 0 aromatic rings. The molecular formula is C9H17NO2. The van der Waals surface area contributed by atoms with Gasteiger partial charge in [-0.3, -0.25) is 4.79 Å². The summed E-state index contributed by atoms with van der Waals surface area (Å²) in [7, 11) is 1.45. The summed E-state index contributed by atoms with van der Waals surface area (Å²) in [6, 6.07) is 0. The molecule has 1 saturated carbocycles. The number of hydrogen-bond acceptors (Lipinski definition) is 3. The first-order valence-electron chi connectivity index (χ1n) is 4.57. The highest BCUT2D eigenvalue weighted by molar-refractivity contribution is 5.72. The van der Waals surface area contributed by atoms with Crippen LogP contribution in [0.1, 0.15) is 25.7 Å². The predicted octanol–water partition coefficient (Wildman–Crippen LogP) is 0.924. The van der Waals surface area contributed by atoms with Crippen molar-refractivity contribution in [2.24, 2.45) is 17.6 Å². The fourth-order valence-electron chi connectivity index (χ4n) is 1.95. The molecule has 0 amide bonds. The molecule has 0 spiro atoms. The first kappa shape index (κ1) is 9.52. The third-order valence-corrected chi connectivity index (χ3v) is 2.72. The Labute approximate surface area is 73.3 Å². The molecule has 0 radical (unpaired) electrons. The maximum atomic E-state index is 11.3. The number of esters is 1. The standard InChI is InChI=1S/C9H17NO2/c1-12-9(11)8-5-3-2-4-7(8)6-10/h7-8H,2-6,10H2,1H3/t7-,8-/m0/s1. The third-order valence-electron chi connectivity index (χ3n) is 2.72. The topological polar surface area (TPSA) is 52.3 Å². The number of rotatable bonds is 2. The highest BCUT2D eigenvalue weighted by Crippen LogP contribution is 2.29. The summed E-state index contributed by atoms with van der Waals surface area (Å²) in [5, 5.41) is 0. The second kappa shape index (κ2) is 4.45. The average molecular weight is 171 g/mol. The van der Waals surface area contributed by atoms with Crippen LogP contribution in [0, 0.1) is 11.8 Å². The van der Waals surface area contributed by atoms with Crippen molar-refractivity contribution in [2.45, 2.75) is 25.7 Å². The van der Waals surface area contributed by atoms with Gasteiger partial charge in [0.15, 0.2) is 0 Å². The minimum absolute atomic E-state index is 0.0637. The molecule has 1 rings (SSSR count). The Hall–Kier alpha value is -0.570. The molecule has 0 bridgehead atoms. The van der Waals surface area contributed by atoms with Crippen molar-refractivity contribution >= 4 is 5.97 Å². The maximum Gasteiger partial charge on any atom is 0.308 e. The van der Waals surface area contributed by atoms with Crippen LogP contribution in [-0.2, 0) is 9.53 Å². The van der Waals surface area contributed by atoms with E-state index in [2.05, 4.69) is 0 Å². The Bertz CT molecular complexity index is 159. The molecule has 3 nitrogen and oxygen atoms in total. The summed E-state index contributed by atoms with van der Waals surface area (Å²) in [4.78, 5) is 11.3. The van der Waals surface area contributed by atoms with Gasteiger partial charge < -0.3 is 10.5 Å². The first-order chi connectivity index (χ1) is 5.79. The van der Waals surface area contributed by atoms with E-state index >= 15 is 0 Å². The van der Waals surface area contributed by atoms with Crippen molar-refractivity contribution in [2.75, 3.05) is 13.7 Å². The predicted molar refractivity (Wildman–Crippen MR) is 46.5 cm³/mol. The van der Waals surface area contributed by atoms with Crippen LogP contribution in [0.4, 0.5) is 0 Å². The molecule has 12 heavy (non-hydrogen) atoms. The van der Waals surface area contributed by atoms with Crippen LogP contribution < -0.4 is 5.73 Å². The molecule has 2 atom stereocenters. The molecule has 1 fully saturated rings. The van der Waals surface area contributed by atoms with Gasteiger partial charge in [0.2, 0.25) is 0 Å². The Morgan fingerprint density at radius 2 is 2.17 bits per heavy atom. The van der Waals surface area contributed by atoms with E-state index in [1.165, 1.54) is 13.5 Å². The smallest absolute Gasteiger partial charge is 0.308 e. The van der Waals surface area contributed by atoms with E-state index < -0.39 is 0 Å². The molecule has 3 heteroatoms. The van der Waals surface area contributed by atoms with Gasteiger partial charge in [0.1, 0.15) is 0 Å². The lowest BCUT2D eigenvalue weighted by atomic mass is 9.79. The van der Waals surface area contributed by atoms with Crippen LogP contribution in [0.15, 0.2) is 0 Å². The normalized spacial score (nSPS) is 29.8. The van der Waals surface area contributed by atoms with Crippen LogP contribution in [-0.4, -0.2) is 19.6 Å². The zero-order valence-corrected chi connectivity index (χ0v) is 7.58. The first-order valence-corrected chi connectivity index (χ1v) is 4.57. The quantitative estimate of drug-likeness (QED) is 0.629. The molecule has 1 aliphatic rings. The number of carbonyl (C=O) groups is 1. The van der Waals surface area contributed by atoms with Gasteiger partial charge in [0.25, 0.3) is 0 Å². The van der Waals surface area contributed by atoms with E-state index in [1.54, 1.807) is 0 Å². The highest BCUT2D eigenvalue weighted by atomic mass is 16.5. The van der Waals surface area contributed by atoms with Gasteiger partial charge in [0, 0.05) is 0 Å². The highest BCUT2D eigenvalue weighted by Gasteiger charge is 2.30. The second-order valence-electron chi connectivity index (χ2n) is 3.41. The third kappa shape index (κ3) is 1.97. The Balaban J connectivity index is 2.52. The van der Waals surface area contributed by atoms with Gasteiger partial charge in [0.05, 0.1) is 13.0 Å². The molecule has 0 aliphatic heterocycles. The van der Waals surface area contributed by atoms with E-state index in [-0.39, 0.29) is 11.9 Å². The van der Waals surface area contributed by atoms with Crippen molar-refractivity contribution in [3.8, 4) is 0 Å². The zero-order chi connectivity index (χ0) is 8.97. The van der Waals surface area contributed by atoms with Gasteiger partial charge >= 0.3 is 5.97 Å². The number of carbonyl (C=O) groups excluding carboxylic acids is 1. The lowest BCUT2D eigenvalue weighted by Crippen LogP contribution is -2.32. The maximum absolute atomic E-state index is 11.3. The van der Waals surface area contributed by atoms with E-state index in [4.69, 9.17) is 10.5 Å². The van der Waals surface area contributed by atoms with Crippen molar-refractivity contribution in [3.05, 3.63) is 0 Å². The lowest BCUT2D eigenvalue weighted by Gasteiger charge is -2.28. The summed E-state index contributed by atoms with van der Waals surface area (Å²) in [5.41, 5.74) is 5.58. The largest absolute Gasteiger partial charge is 0.469 e. The van der Waals surface area contributed by atoms with Crippen molar-refractivity contribution in [1.82, 2.24) is 0 Å². The van der Waals surface area contributed by atoms with Crippen LogP contribution >= 0.6 is 0 Å². The SMILES string of the molecule is COC(=O)[C@H]1CCCC[C@H]1CN. The van der Waals surface area contributed by atoms with E-state index in [9.17, 15) is 4.79 Å². The Kier molecular flexibility index (Phi) is 3.53. The summed E-state index contributed by atoms with van der Waals surface area (Å²) in [6.07, 6.45) is 4.37. The van der Waals surface area contributed by atoms with E-state index in [0.29, 0.717) is 12.5 Å². The number of nitrogens with two attached hydrogens (primary N) is 1. The molecule has 0 unspecified atom stereocenters. The number of ether oxygens (including phenoxy) is 1. The fraction of sp³-hybridized carbons (Fsp3) is 0.889. The Morgan fingerprint density at radius 3 is 2.75 bits per heavy atom. The summed E-state index contributed by atoms with van der Waals surface area (Å²) in [5.74, 6) is 0.338. The van der Waals surface area contributed by atoms with Gasteiger partial charge in [-0.25, -0.2) is 0 Å². The van der Waals surface area contributed by atoms with Crippen LogP contribution in [0.25, 0.3) is 0 Å². The average Bonchev–Trinajstić information content (AvgIpc) is 2.16. The van der Waals surface area contributed by atoms with Gasteiger partial charge in [-0.2, -0.15) is 0 Å². The summed E-state index contributed by atoms with van der Waals surface area (Å²) >= 11 is 0. The minimum atomic E-state index is -0.0786. The van der Waals surface area contributed by atoms with Crippen LogP contribution in [0.2, 0.25) is 0 Å². The van der Waals surface area contributed by atoms with E-state index in [1.807, 2.05) is 0 Å². The molecular weight excluding hydrogens is 154 g/mol. The fourth-order valence-corrected chi connectivity index (χ4v) is 1.95. The van der Waals surface area contributed by atoms with Crippen molar-refractivity contribution in [3.63, 3.8) is 0 Å². The number of hydrogen-bond donors (Lipinski definition) is 1. The zero-order valence-electron chi connectivity index (χ0n) is 7.58. The second-order valence-corrected chi connectivity index (χ2v) is 3.41. The van der Waals surface area contributed by atoms with Gasteiger partial charge in [-0.15, -0.1) is 0 Å². The summed E-state index contributed by atoms with van der Waals surface area (Å²) in [6.45, 7) is 0.611. The van der Waals surface area contributed by atoms with Crippen molar-refractivity contribution in [1.29, 1.82) is 0 Å². The van der Waals surface area contributed by atoms with Crippen LogP contribution in [0.3, 0.4) is 0 Å². The molecule has 1 aliphatic carbocycles. The van der Waals surface area contributed by atoms with Crippen molar-refractivity contribution < 1.29 is 9.53 Å². The minimum Gasteiger partial charge on any atom is -0.469 e. The summed E-state index contributed by atoms with van der Waals surface area (Å²) < 4.78 is 4.73.